The number of aliphatic imine (C=N–C) groups is 1. The Kier molecular flexibility index (Phi) is 10.8. The van der Waals surface area contributed by atoms with E-state index in [9.17, 15) is 4.39 Å². The van der Waals surface area contributed by atoms with Gasteiger partial charge in [0.15, 0.2) is 0 Å². The predicted molar refractivity (Wildman–Crippen MR) is 142 cm³/mol. The lowest BCUT2D eigenvalue weighted by Crippen LogP contribution is -2.02. The topological polar surface area (TPSA) is 85.4 Å². The maximum absolute atomic E-state index is 14.7. The average Bonchev–Trinajstić information content (AvgIpc) is 2.84. The second-order valence-electron chi connectivity index (χ2n) is 6.52. The van der Waals surface area contributed by atoms with E-state index in [1.807, 2.05) is 58.0 Å². The summed E-state index contributed by atoms with van der Waals surface area (Å²) in [5, 5.41) is 3.10. The first-order chi connectivity index (χ1) is 16.5. The van der Waals surface area contributed by atoms with Crippen molar-refractivity contribution in [2.45, 2.75) is 32.6 Å². The first-order valence-corrected chi connectivity index (χ1v) is 11.7. The van der Waals surface area contributed by atoms with E-state index in [4.69, 9.17) is 10.5 Å². The van der Waals surface area contributed by atoms with Crippen LogP contribution >= 0.6 is 11.8 Å². The first-order valence-electron chi connectivity index (χ1n) is 10.9. The van der Waals surface area contributed by atoms with Crippen molar-refractivity contribution in [2.75, 3.05) is 17.7 Å². The molecule has 0 saturated carbocycles. The highest BCUT2D eigenvalue weighted by atomic mass is 32.2. The number of rotatable bonds is 9. The minimum absolute atomic E-state index is 0.117. The van der Waals surface area contributed by atoms with Crippen LogP contribution in [0.3, 0.4) is 0 Å². The van der Waals surface area contributed by atoms with E-state index in [0.29, 0.717) is 28.7 Å². The molecule has 0 aliphatic rings. The zero-order valence-electron chi connectivity index (χ0n) is 19.9. The maximum Gasteiger partial charge on any atom is 0.222 e. The van der Waals surface area contributed by atoms with Crippen LogP contribution in [0.2, 0.25) is 0 Å². The summed E-state index contributed by atoms with van der Waals surface area (Å²) < 4.78 is 20.2. The average molecular weight is 480 g/mol. The van der Waals surface area contributed by atoms with E-state index >= 15 is 0 Å². The molecule has 0 aliphatic carbocycles. The van der Waals surface area contributed by atoms with Gasteiger partial charge in [-0.25, -0.2) is 9.37 Å². The fourth-order valence-corrected chi connectivity index (χ4v) is 3.61. The third-order valence-electron chi connectivity index (χ3n) is 4.27. The highest BCUT2D eigenvalue weighted by molar-refractivity contribution is 8.03. The molecule has 1 aromatic heterocycles. The summed E-state index contributed by atoms with van der Waals surface area (Å²) in [6.45, 7) is 11.8. The van der Waals surface area contributed by atoms with Crippen LogP contribution in [0.1, 0.15) is 27.7 Å². The van der Waals surface area contributed by atoms with Crippen LogP contribution < -0.4 is 15.8 Å². The second kappa shape index (κ2) is 13.8. The molecule has 0 saturated heterocycles. The lowest BCUT2D eigenvalue weighted by atomic mass is 10.1. The molecule has 0 unspecified atom stereocenters. The maximum atomic E-state index is 14.7. The van der Waals surface area contributed by atoms with Crippen molar-refractivity contribution in [1.29, 1.82) is 0 Å². The van der Waals surface area contributed by atoms with E-state index in [1.54, 1.807) is 30.5 Å². The molecule has 0 fully saturated rings. The number of nitrogens with zero attached hydrogens (tertiary/aromatic N) is 3. The van der Waals surface area contributed by atoms with Gasteiger partial charge in [0, 0.05) is 33.3 Å². The van der Waals surface area contributed by atoms with E-state index in [1.165, 1.54) is 17.8 Å². The summed E-state index contributed by atoms with van der Waals surface area (Å²) in [5.74, 6) is 1.01. The lowest BCUT2D eigenvalue weighted by molar-refractivity contribution is 0.340. The number of ether oxygens (including phenoxy) is 1. The number of halogens is 1. The van der Waals surface area contributed by atoms with Gasteiger partial charge in [0.1, 0.15) is 17.4 Å². The summed E-state index contributed by atoms with van der Waals surface area (Å²) in [6.07, 6.45) is 5.22. The SMILES string of the molecule is C=N/C=C\C(=C/C)Sc1ccc(Nc2cc(-c3ccc(OCC)cc3)nc(N)n2)cc1F.CC. The molecule has 0 radical (unpaired) electrons. The van der Waals surface area contributed by atoms with Crippen LogP contribution in [0.4, 0.5) is 21.8 Å². The molecule has 3 N–H and O–H groups in total. The Labute approximate surface area is 204 Å². The number of anilines is 3. The number of thioether (sulfide) groups is 1. The van der Waals surface area contributed by atoms with Gasteiger partial charge in [0.05, 0.1) is 12.3 Å². The molecule has 0 aliphatic heterocycles. The Morgan fingerprint density at radius 3 is 2.53 bits per heavy atom. The normalized spacial score (nSPS) is 11.0. The quantitative estimate of drug-likeness (QED) is 0.191. The molecule has 0 bridgehead atoms. The molecule has 178 valence electrons. The van der Waals surface area contributed by atoms with Crippen LogP contribution in [0.15, 0.2) is 81.7 Å². The monoisotopic (exact) mass is 479 g/mol. The fraction of sp³-hybridized carbons (Fsp3) is 0.192. The number of nitrogens with two attached hydrogens (primary N) is 1. The largest absolute Gasteiger partial charge is 0.494 e. The molecular weight excluding hydrogens is 449 g/mol. The van der Waals surface area contributed by atoms with Gasteiger partial charge in [-0.15, -0.1) is 0 Å². The Morgan fingerprint density at radius 1 is 1.18 bits per heavy atom. The third-order valence-corrected chi connectivity index (χ3v) is 5.42. The third kappa shape index (κ3) is 7.74. The predicted octanol–water partition coefficient (Wildman–Crippen LogP) is 7.24. The van der Waals surface area contributed by atoms with Crippen LogP contribution in [-0.4, -0.2) is 23.3 Å². The molecule has 8 heteroatoms. The van der Waals surface area contributed by atoms with E-state index in [2.05, 4.69) is 27.0 Å². The van der Waals surface area contributed by atoms with Crippen molar-refractivity contribution < 1.29 is 9.13 Å². The molecular formula is C26H30FN5OS. The van der Waals surface area contributed by atoms with Crippen LogP contribution in [-0.2, 0) is 0 Å². The molecule has 0 spiro atoms. The Morgan fingerprint density at radius 2 is 1.91 bits per heavy atom. The Balaban J connectivity index is 0.00000199. The summed E-state index contributed by atoms with van der Waals surface area (Å²) in [5.41, 5.74) is 7.97. The minimum atomic E-state index is -0.354. The van der Waals surface area contributed by atoms with Gasteiger partial charge < -0.3 is 15.8 Å². The molecule has 3 rings (SSSR count). The van der Waals surface area contributed by atoms with Gasteiger partial charge in [-0.1, -0.05) is 31.7 Å². The standard InChI is InChI=1S/C24H24FN5OS.C2H6/c1-4-19(12-13-27-3)32-22-11-8-17(14-20(22)25)28-23-15-21(29-24(26)30-23)16-6-9-18(10-7-16)31-5-2;1-2/h4,6-15H,3,5H2,1-2H3,(H3,26,28,29,30);1-2H3/b13-12-,19-4+;. The van der Waals surface area contributed by atoms with Crippen LogP contribution in [0.5, 0.6) is 5.75 Å². The number of aromatic nitrogens is 2. The second-order valence-corrected chi connectivity index (χ2v) is 7.63. The molecule has 6 nitrogen and oxygen atoms in total. The molecule has 1 heterocycles. The first kappa shape index (κ1) is 26.6. The fourth-order valence-electron chi connectivity index (χ4n) is 2.82. The highest BCUT2D eigenvalue weighted by Crippen LogP contribution is 2.32. The van der Waals surface area contributed by atoms with Crippen molar-refractivity contribution >= 4 is 35.9 Å². The number of hydrogen-bond donors (Lipinski definition) is 2. The molecule has 0 atom stereocenters. The van der Waals surface area contributed by atoms with Gasteiger partial charge in [0.2, 0.25) is 5.95 Å². The summed E-state index contributed by atoms with van der Waals surface area (Å²) in [6, 6.07) is 14.2. The van der Waals surface area contributed by atoms with Crippen LogP contribution in [0, 0.1) is 5.82 Å². The Hall–Kier alpha value is -3.65. The molecule has 0 amide bonds. The van der Waals surface area contributed by atoms with Crippen molar-refractivity contribution in [1.82, 2.24) is 9.97 Å². The van der Waals surface area contributed by atoms with Crippen molar-refractivity contribution in [3.63, 3.8) is 0 Å². The zero-order valence-corrected chi connectivity index (χ0v) is 20.7. The van der Waals surface area contributed by atoms with Crippen molar-refractivity contribution in [2.24, 2.45) is 4.99 Å². The number of hydrogen-bond acceptors (Lipinski definition) is 7. The van der Waals surface area contributed by atoms with Crippen LogP contribution in [0.25, 0.3) is 11.3 Å². The Bertz CT molecular complexity index is 1150. The lowest BCUT2D eigenvalue weighted by Gasteiger charge is -2.11. The van der Waals surface area contributed by atoms with Crippen molar-refractivity contribution in [3.8, 4) is 17.0 Å². The van der Waals surface area contributed by atoms with E-state index in [-0.39, 0.29) is 11.8 Å². The number of allylic oxidation sites excluding steroid dienone is 2. The molecule has 34 heavy (non-hydrogen) atoms. The molecule has 3 aromatic rings. The minimum Gasteiger partial charge on any atom is -0.494 e. The number of nitrogens with one attached hydrogen (secondary N) is 1. The van der Waals surface area contributed by atoms with Gasteiger partial charge in [0.25, 0.3) is 0 Å². The van der Waals surface area contributed by atoms with Gasteiger partial charge in [-0.05, 0) is 69.1 Å². The van der Waals surface area contributed by atoms with Gasteiger partial charge in [-0.2, -0.15) is 4.98 Å². The van der Waals surface area contributed by atoms with E-state index < -0.39 is 0 Å². The van der Waals surface area contributed by atoms with Gasteiger partial charge in [-0.3, -0.25) is 4.99 Å². The highest BCUT2D eigenvalue weighted by Gasteiger charge is 2.09. The number of nitrogen functional groups attached to an aromatic ring is 1. The zero-order chi connectivity index (χ0) is 24.9. The van der Waals surface area contributed by atoms with Gasteiger partial charge >= 0.3 is 0 Å². The smallest absolute Gasteiger partial charge is 0.222 e. The molecule has 2 aromatic carbocycles. The van der Waals surface area contributed by atoms with Crippen molar-refractivity contribution in [3.05, 3.63) is 77.6 Å². The summed E-state index contributed by atoms with van der Waals surface area (Å²) in [4.78, 5) is 13.6. The summed E-state index contributed by atoms with van der Waals surface area (Å²) >= 11 is 1.30. The summed E-state index contributed by atoms with van der Waals surface area (Å²) in [7, 11) is 0. The van der Waals surface area contributed by atoms with E-state index in [0.717, 1.165) is 16.2 Å². The number of benzene rings is 2.